The molecule has 0 saturated heterocycles. The van der Waals surface area contributed by atoms with Crippen LogP contribution in [0, 0.1) is 0 Å². The number of hydrogen-bond acceptors (Lipinski definition) is 3. The Balaban J connectivity index is 2.24. The smallest absolute Gasteiger partial charge is 0.136 e. The maximum absolute atomic E-state index is 6.30. The summed E-state index contributed by atoms with van der Waals surface area (Å²) in [5.41, 5.74) is 7.43. The van der Waals surface area contributed by atoms with E-state index < -0.39 is 0 Å². The minimum absolute atomic E-state index is 0.647. The van der Waals surface area contributed by atoms with Crippen LogP contribution >= 0.6 is 11.6 Å². The van der Waals surface area contributed by atoms with Gasteiger partial charge >= 0.3 is 0 Å². The van der Waals surface area contributed by atoms with E-state index in [2.05, 4.69) is 5.10 Å². The highest BCUT2D eigenvalue weighted by atomic mass is 35.5. The first-order chi connectivity index (χ1) is 8.76. The number of rotatable bonds is 5. The molecule has 0 fully saturated rings. The van der Waals surface area contributed by atoms with Gasteiger partial charge in [0.25, 0.3) is 0 Å². The Morgan fingerprint density at radius 3 is 2.67 bits per heavy atom. The summed E-state index contributed by atoms with van der Waals surface area (Å²) in [7, 11) is 1.64. The van der Waals surface area contributed by atoms with Gasteiger partial charge in [-0.1, -0.05) is 11.6 Å². The quantitative estimate of drug-likeness (QED) is 0.903. The van der Waals surface area contributed by atoms with Crippen LogP contribution in [0.15, 0.2) is 30.5 Å². The summed E-state index contributed by atoms with van der Waals surface area (Å²) in [6.45, 7) is 0.657. The topological polar surface area (TPSA) is 53.1 Å². The van der Waals surface area contributed by atoms with Crippen LogP contribution in [-0.2, 0) is 6.42 Å². The first-order valence-electron chi connectivity index (χ1n) is 5.83. The molecule has 0 aliphatic heterocycles. The normalized spacial score (nSPS) is 10.6. The molecule has 4 nitrogen and oxygen atoms in total. The number of benzene rings is 1. The summed E-state index contributed by atoms with van der Waals surface area (Å²) in [4.78, 5) is 0. The minimum Gasteiger partial charge on any atom is -0.497 e. The monoisotopic (exact) mass is 265 g/mol. The van der Waals surface area contributed by atoms with E-state index in [9.17, 15) is 0 Å². The molecule has 18 heavy (non-hydrogen) atoms. The highest BCUT2D eigenvalue weighted by Gasteiger charge is 2.09. The third-order valence-electron chi connectivity index (χ3n) is 2.75. The van der Waals surface area contributed by atoms with Crippen molar-refractivity contribution in [3.63, 3.8) is 0 Å². The Labute approximate surface area is 111 Å². The van der Waals surface area contributed by atoms with Crippen LogP contribution in [0.4, 0.5) is 0 Å². The maximum atomic E-state index is 6.30. The summed E-state index contributed by atoms with van der Waals surface area (Å²) in [6.07, 6.45) is 3.56. The highest BCUT2D eigenvalue weighted by Crippen LogP contribution is 2.22. The van der Waals surface area contributed by atoms with Crippen molar-refractivity contribution in [2.45, 2.75) is 12.8 Å². The van der Waals surface area contributed by atoms with Crippen molar-refractivity contribution in [3.05, 3.63) is 41.2 Å². The third kappa shape index (κ3) is 2.66. The largest absolute Gasteiger partial charge is 0.497 e. The van der Waals surface area contributed by atoms with Crippen LogP contribution < -0.4 is 10.5 Å². The Hall–Kier alpha value is -1.52. The molecule has 1 aromatic carbocycles. The average molecular weight is 266 g/mol. The molecular weight excluding hydrogens is 250 g/mol. The molecule has 0 amide bonds. The highest BCUT2D eigenvalue weighted by molar-refractivity contribution is 6.30. The van der Waals surface area contributed by atoms with E-state index in [-0.39, 0.29) is 0 Å². The van der Waals surface area contributed by atoms with E-state index in [1.807, 2.05) is 24.3 Å². The van der Waals surface area contributed by atoms with Gasteiger partial charge in [0.2, 0.25) is 0 Å². The fourth-order valence-electron chi connectivity index (χ4n) is 1.73. The first kappa shape index (κ1) is 12.9. The summed E-state index contributed by atoms with van der Waals surface area (Å²) >= 11 is 6.30. The molecule has 0 spiro atoms. The second-order valence-electron chi connectivity index (χ2n) is 3.96. The standard InChI is InChI=1S/C13H16ClN3O/c1-18-12-6-4-11(5-7-12)17-13(14)10(9-16-17)3-2-8-15/h4-7,9H,2-3,8,15H2,1H3. The van der Waals surface area contributed by atoms with E-state index in [0.717, 1.165) is 29.8 Å². The summed E-state index contributed by atoms with van der Waals surface area (Å²) in [6, 6.07) is 7.61. The molecule has 1 heterocycles. The van der Waals surface area contributed by atoms with Crippen LogP contribution in [0.5, 0.6) is 5.75 Å². The van der Waals surface area contributed by atoms with Crippen molar-refractivity contribution in [3.8, 4) is 11.4 Å². The molecular formula is C13H16ClN3O. The van der Waals surface area contributed by atoms with Gasteiger partial charge in [0.15, 0.2) is 0 Å². The second kappa shape index (κ2) is 5.89. The van der Waals surface area contributed by atoms with E-state index in [0.29, 0.717) is 11.7 Å². The average Bonchev–Trinajstić information content (AvgIpc) is 2.78. The maximum Gasteiger partial charge on any atom is 0.136 e. The number of halogens is 1. The van der Waals surface area contributed by atoms with E-state index in [1.54, 1.807) is 18.0 Å². The molecule has 0 radical (unpaired) electrons. The number of nitrogens with two attached hydrogens (primary N) is 1. The van der Waals surface area contributed by atoms with Gasteiger partial charge in [-0.25, -0.2) is 4.68 Å². The number of nitrogens with zero attached hydrogens (tertiary/aromatic N) is 2. The molecule has 0 saturated carbocycles. The van der Waals surface area contributed by atoms with Gasteiger partial charge < -0.3 is 10.5 Å². The van der Waals surface area contributed by atoms with Crippen molar-refractivity contribution in [1.82, 2.24) is 9.78 Å². The zero-order chi connectivity index (χ0) is 13.0. The third-order valence-corrected chi connectivity index (χ3v) is 3.15. The number of aromatic nitrogens is 2. The Morgan fingerprint density at radius 2 is 2.06 bits per heavy atom. The van der Waals surface area contributed by atoms with Gasteiger partial charge in [-0.2, -0.15) is 5.10 Å². The van der Waals surface area contributed by atoms with Crippen molar-refractivity contribution >= 4 is 11.6 Å². The molecule has 1 aromatic heterocycles. The molecule has 2 rings (SSSR count). The molecule has 0 unspecified atom stereocenters. The van der Waals surface area contributed by atoms with Gasteiger partial charge in [0, 0.05) is 5.56 Å². The second-order valence-corrected chi connectivity index (χ2v) is 4.32. The Bertz CT molecular complexity index is 507. The predicted molar refractivity (Wildman–Crippen MR) is 72.5 cm³/mol. The molecule has 5 heteroatoms. The molecule has 96 valence electrons. The lowest BCUT2D eigenvalue weighted by molar-refractivity contribution is 0.414. The van der Waals surface area contributed by atoms with Crippen molar-refractivity contribution in [2.75, 3.05) is 13.7 Å². The van der Waals surface area contributed by atoms with Gasteiger partial charge in [-0.05, 0) is 43.7 Å². The molecule has 2 aromatic rings. The molecule has 2 N–H and O–H groups in total. The number of hydrogen-bond donors (Lipinski definition) is 1. The minimum atomic E-state index is 0.647. The molecule has 0 aliphatic rings. The summed E-state index contributed by atoms with van der Waals surface area (Å²) in [5.74, 6) is 0.811. The number of aryl methyl sites for hydroxylation is 1. The van der Waals surface area contributed by atoms with Crippen LogP contribution in [0.1, 0.15) is 12.0 Å². The Morgan fingerprint density at radius 1 is 1.33 bits per heavy atom. The van der Waals surface area contributed by atoms with Crippen molar-refractivity contribution in [2.24, 2.45) is 5.73 Å². The number of methoxy groups -OCH3 is 1. The zero-order valence-electron chi connectivity index (χ0n) is 10.3. The van der Waals surface area contributed by atoms with Crippen LogP contribution in [0.25, 0.3) is 5.69 Å². The van der Waals surface area contributed by atoms with E-state index >= 15 is 0 Å². The first-order valence-corrected chi connectivity index (χ1v) is 6.21. The lowest BCUT2D eigenvalue weighted by atomic mass is 10.2. The predicted octanol–water partition coefficient (Wildman–Crippen LogP) is 2.43. The fourth-order valence-corrected chi connectivity index (χ4v) is 2.02. The van der Waals surface area contributed by atoms with Gasteiger partial charge in [-0.3, -0.25) is 0 Å². The summed E-state index contributed by atoms with van der Waals surface area (Å²) < 4.78 is 6.83. The van der Waals surface area contributed by atoms with Gasteiger partial charge in [-0.15, -0.1) is 0 Å². The molecule has 0 bridgehead atoms. The van der Waals surface area contributed by atoms with Crippen molar-refractivity contribution in [1.29, 1.82) is 0 Å². The SMILES string of the molecule is COc1ccc(-n2ncc(CCCN)c2Cl)cc1. The van der Waals surface area contributed by atoms with E-state index in [1.165, 1.54) is 0 Å². The summed E-state index contributed by atoms with van der Waals surface area (Å²) in [5, 5.41) is 4.94. The molecule has 0 aliphatic carbocycles. The Kier molecular flexibility index (Phi) is 4.23. The lowest BCUT2D eigenvalue weighted by Gasteiger charge is -2.05. The molecule has 0 atom stereocenters. The zero-order valence-corrected chi connectivity index (χ0v) is 11.0. The van der Waals surface area contributed by atoms with Crippen LogP contribution in [0.2, 0.25) is 5.15 Å². The van der Waals surface area contributed by atoms with Gasteiger partial charge in [0.1, 0.15) is 10.9 Å². The van der Waals surface area contributed by atoms with Crippen molar-refractivity contribution < 1.29 is 4.74 Å². The number of ether oxygens (including phenoxy) is 1. The van der Waals surface area contributed by atoms with Crippen LogP contribution in [0.3, 0.4) is 0 Å². The fraction of sp³-hybridized carbons (Fsp3) is 0.308. The van der Waals surface area contributed by atoms with Gasteiger partial charge in [0.05, 0.1) is 19.0 Å². The van der Waals surface area contributed by atoms with Crippen LogP contribution in [-0.4, -0.2) is 23.4 Å². The van der Waals surface area contributed by atoms with E-state index in [4.69, 9.17) is 22.1 Å². The lowest BCUT2D eigenvalue weighted by Crippen LogP contribution is -2.00.